The number of nitrogens with one attached hydrogen (secondary N) is 1. The van der Waals surface area contributed by atoms with Gasteiger partial charge in [-0.3, -0.25) is 0 Å². The fourth-order valence-corrected chi connectivity index (χ4v) is 3.97. The second-order valence-electron chi connectivity index (χ2n) is 5.95. The molecule has 1 aromatic heterocycles. The molecule has 5 heteroatoms. The molecule has 0 unspecified atom stereocenters. The molecule has 0 bridgehead atoms. The highest BCUT2D eigenvalue weighted by Gasteiger charge is 2.22. The first-order valence-corrected chi connectivity index (χ1v) is 8.94. The van der Waals surface area contributed by atoms with E-state index in [2.05, 4.69) is 29.4 Å². The number of thiazole rings is 1. The van der Waals surface area contributed by atoms with Crippen molar-refractivity contribution in [3.63, 3.8) is 0 Å². The number of carbonyl (C=O) groups is 1. The van der Waals surface area contributed by atoms with E-state index >= 15 is 0 Å². The van der Waals surface area contributed by atoms with Gasteiger partial charge in [-0.05, 0) is 44.7 Å². The summed E-state index contributed by atoms with van der Waals surface area (Å²) >= 11 is 1.75. The van der Waals surface area contributed by atoms with Crippen LogP contribution in [0.5, 0.6) is 0 Å². The summed E-state index contributed by atoms with van der Waals surface area (Å²) in [6.07, 6.45) is 5.36. The van der Waals surface area contributed by atoms with E-state index < -0.39 is 0 Å². The maximum Gasteiger partial charge on any atom is 0.317 e. The first-order valence-electron chi connectivity index (χ1n) is 8.13. The number of piperidine rings is 1. The van der Waals surface area contributed by atoms with E-state index in [1.165, 1.54) is 11.1 Å². The lowest BCUT2D eigenvalue weighted by atomic mass is 10.0. The highest BCUT2D eigenvalue weighted by Crippen LogP contribution is 2.22. The number of aryl methyl sites for hydroxylation is 1. The van der Waals surface area contributed by atoms with E-state index in [0.717, 1.165) is 49.3 Å². The van der Waals surface area contributed by atoms with Crippen molar-refractivity contribution >= 4 is 27.6 Å². The van der Waals surface area contributed by atoms with Crippen molar-refractivity contribution < 1.29 is 4.79 Å². The smallest absolute Gasteiger partial charge is 0.317 e. The number of hydrogen-bond acceptors (Lipinski definition) is 3. The average Bonchev–Trinajstić information content (AvgIpc) is 2.94. The lowest BCUT2D eigenvalue weighted by Crippen LogP contribution is -2.47. The molecule has 118 valence electrons. The second-order valence-corrected chi connectivity index (χ2v) is 7.06. The van der Waals surface area contributed by atoms with Crippen LogP contribution in [0.15, 0.2) is 24.3 Å². The predicted octanol–water partition coefficient (Wildman–Crippen LogP) is 3.81. The molecule has 3 rings (SSSR count). The lowest BCUT2D eigenvalue weighted by Gasteiger charge is -2.33. The molecule has 2 heterocycles. The first kappa shape index (κ1) is 15.3. The number of carbonyl (C=O) groups excluding carboxylic acids is 1. The van der Waals surface area contributed by atoms with Gasteiger partial charge in [0.1, 0.15) is 0 Å². The van der Waals surface area contributed by atoms with E-state index in [-0.39, 0.29) is 6.03 Å². The largest absolute Gasteiger partial charge is 0.338 e. The quantitative estimate of drug-likeness (QED) is 0.872. The van der Waals surface area contributed by atoms with Gasteiger partial charge in [-0.15, -0.1) is 11.3 Å². The highest BCUT2D eigenvalue weighted by molar-refractivity contribution is 7.18. The summed E-state index contributed by atoms with van der Waals surface area (Å²) in [4.78, 5) is 18.8. The molecule has 2 amide bonds. The summed E-state index contributed by atoms with van der Waals surface area (Å²) in [5.74, 6) is 0. The second kappa shape index (κ2) is 7.09. The Morgan fingerprint density at radius 2 is 2.27 bits per heavy atom. The summed E-state index contributed by atoms with van der Waals surface area (Å²) in [7, 11) is 0. The van der Waals surface area contributed by atoms with Crippen LogP contribution in [-0.4, -0.2) is 35.0 Å². The zero-order valence-electron chi connectivity index (χ0n) is 13.0. The van der Waals surface area contributed by atoms with Gasteiger partial charge in [-0.25, -0.2) is 9.78 Å². The Morgan fingerprint density at radius 3 is 3.09 bits per heavy atom. The molecular weight excluding hydrogens is 294 g/mol. The number of fused-ring (bicyclic) bond motifs is 1. The molecule has 1 saturated heterocycles. The minimum atomic E-state index is 0.0940. The zero-order valence-corrected chi connectivity index (χ0v) is 13.9. The Bertz CT molecular complexity index is 607. The Labute approximate surface area is 135 Å². The number of likely N-dealkylation sites (tertiary alicyclic amines) is 1. The van der Waals surface area contributed by atoms with Crippen LogP contribution in [0, 0.1) is 0 Å². The number of aromatic nitrogens is 1. The highest BCUT2D eigenvalue weighted by atomic mass is 32.1. The zero-order chi connectivity index (χ0) is 15.4. The van der Waals surface area contributed by atoms with Gasteiger partial charge in [0.2, 0.25) is 0 Å². The van der Waals surface area contributed by atoms with E-state index in [1.807, 2.05) is 17.0 Å². The molecule has 1 fully saturated rings. The average molecular weight is 317 g/mol. The van der Waals surface area contributed by atoms with Crippen LogP contribution in [0.4, 0.5) is 4.79 Å². The molecule has 0 aliphatic carbocycles. The van der Waals surface area contributed by atoms with Gasteiger partial charge in [0.05, 0.1) is 15.2 Å². The molecule has 1 N–H and O–H groups in total. The van der Waals surface area contributed by atoms with E-state index in [9.17, 15) is 4.79 Å². The molecule has 1 aliphatic rings. The molecule has 1 aromatic carbocycles. The van der Waals surface area contributed by atoms with E-state index in [4.69, 9.17) is 0 Å². The van der Waals surface area contributed by atoms with Crippen LogP contribution in [-0.2, 0) is 6.42 Å². The molecule has 0 spiro atoms. The maximum absolute atomic E-state index is 12.2. The topological polar surface area (TPSA) is 45.2 Å². The first-order chi connectivity index (χ1) is 10.7. The number of amides is 2. The van der Waals surface area contributed by atoms with Crippen molar-refractivity contribution in [2.45, 2.75) is 45.1 Å². The third-order valence-electron chi connectivity index (χ3n) is 4.25. The number of para-hydroxylation sites is 1. The lowest BCUT2D eigenvalue weighted by molar-refractivity contribution is 0.158. The molecule has 0 radical (unpaired) electrons. The number of urea groups is 1. The predicted molar refractivity (Wildman–Crippen MR) is 91.4 cm³/mol. The van der Waals surface area contributed by atoms with Gasteiger partial charge in [-0.2, -0.15) is 0 Å². The van der Waals surface area contributed by atoms with Crippen molar-refractivity contribution in [2.75, 3.05) is 13.1 Å². The van der Waals surface area contributed by atoms with Crippen molar-refractivity contribution in [3.8, 4) is 0 Å². The van der Waals surface area contributed by atoms with Gasteiger partial charge in [0.15, 0.2) is 0 Å². The standard InChI is InChI=1S/C17H23N3OS/c1-13-7-4-5-12-20(13)17(21)18-11-6-10-16-19-14-8-2-3-9-15(14)22-16/h2-3,8-9,13H,4-7,10-12H2,1H3,(H,18,21)/t13-/m0/s1. The normalized spacial score (nSPS) is 18.6. The minimum Gasteiger partial charge on any atom is -0.338 e. The Balaban J connectivity index is 1.44. The Kier molecular flexibility index (Phi) is 4.93. The van der Waals surface area contributed by atoms with Gasteiger partial charge in [0.25, 0.3) is 0 Å². The van der Waals surface area contributed by atoms with Crippen LogP contribution in [0.3, 0.4) is 0 Å². The number of nitrogens with zero attached hydrogens (tertiary/aromatic N) is 2. The van der Waals surface area contributed by atoms with Crippen LogP contribution in [0.25, 0.3) is 10.2 Å². The van der Waals surface area contributed by atoms with Crippen LogP contribution in [0.2, 0.25) is 0 Å². The van der Waals surface area contributed by atoms with Crippen LogP contribution < -0.4 is 5.32 Å². The summed E-state index contributed by atoms with van der Waals surface area (Å²) in [6, 6.07) is 8.69. The van der Waals surface area contributed by atoms with Crippen LogP contribution >= 0.6 is 11.3 Å². The van der Waals surface area contributed by atoms with E-state index in [1.54, 1.807) is 11.3 Å². The SMILES string of the molecule is C[C@H]1CCCCN1C(=O)NCCCc1nc2ccccc2s1. The fraction of sp³-hybridized carbons (Fsp3) is 0.529. The van der Waals surface area contributed by atoms with Crippen molar-refractivity contribution in [3.05, 3.63) is 29.3 Å². The summed E-state index contributed by atoms with van der Waals surface area (Å²) in [6.45, 7) is 3.75. The van der Waals surface area contributed by atoms with Gasteiger partial charge >= 0.3 is 6.03 Å². The van der Waals surface area contributed by atoms with E-state index in [0.29, 0.717) is 6.04 Å². The molecular formula is C17H23N3OS. The number of rotatable bonds is 4. The molecule has 1 atom stereocenters. The van der Waals surface area contributed by atoms with Crippen molar-refractivity contribution in [1.82, 2.24) is 15.2 Å². The van der Waals surface area contributed by atoms with Crippen LogP contribution in [0.1, 0.15) is 37.6 Å². The van der Waals surface area contributed by atoms with Gasteiger partial charge in [0, 0.05) is 25.6 Å². The maximum atomic E-state index is 12.2. The summed E-state index contributed by atoms with van der Waals surface area (Å²) in [5.41, 5.74) is 1.08. The molecule has 1 aliphatic heterocycles. The molecule has 4 nitrogen and oxygen atoms in total. The van der Waals surface area contributed by atoms with Gasteiger partial charge in [-0.1, -0.05) is 12.1 Å². The minimum absolute atomic E-state index is 0.0940. The number of hydrogen-bond donors (Lipinski definition) is 1. The molecule has 0 saturated carbocycles. The monoisotopic (exact) mass is 317 g/mol. The summed E-state index contributed by atoms with van der Waals surface area (Å²) < 4.78 is 1.24. The van der Waals surface area contributed by atoms with Gasteiger partial charge < -0.3 is 10.2 Å². The third kappa shape index (κ3) is 3.58. The third-order valence-corrected chi connectivity index (χ3v) is 5.34. The molecule has 22 heavy (non-hydrogen) atoms. The van der Waals surface area contributed by atoms with Crippen molar-refractivity contribution in [2.24, 2.45) is 0 Å². The Hall–Kier alpha value is -1.62. The summed E-state index contributed by atoms with van der Waals surface area (Å²) in [5, 5.41) is 4.21. The van der Waals surface area contributed by atoms with Crippen molar-refractivity contribution in [1.29, 1.82) is 0 Å². The Morgan fingerprint density at radius 1 is 1.41 bits per heavy atom. The molecule has 2 aromatic rings. The fourth-order valence-electron chi connectivity index (χ4n) is 2.96. The number of benzene rings is 1.